The Hall–Kier alpha value is -0.610. The molecule has 1 saturated carbocycles. The zero-order valence-electron chi connectivity index (χ0n) is 7.79. The Kier molecular flexibility index (Phi) is 2.51. The minimum Gasteiger partial charge on any atom is -0.381 e. The smallest absolute Gasteiger partial charge is 0.249 e. The van der Waals surface area contributed by atoms with Gasteiger partial charge in [-0.3, -0.25) is 4.79 Å². The maximum atomic E-state index is 11.3. The first-order valence-corrected chi connectivity index (χ1v) is 4.74. The normalized spacial score (nSPS) is 37.5. The van der Waals surface area contributed by atoms with Crippen LogP contribution in [0.2, 0.25) is 0 Å². The van der Waals surface area contributed by atoms with Gasteiger partial charge in [-0.05, 0) is 12.8 Å². The molecule has 2 rings (SSSR count). The lowest BCUT2D eigenvalue weighted by Gasteiger charge is -2.36. The van der Waals surface area contributed by atoms with Gasteiger partial charge in [0.25, 0.3) is 0 Å². The number of methoxy groups -OCH3 is 1. The summed E-state index contributed by atoms with van der Waals surface area (Å²) in [5.74, 6) is 0.0470. The van der Waals surface area contributed by atoms with E-state index in [-0.39, 0.29) is 12.0 Å². The van der Waals surface area contributed by atoms with Gasteiger partial charge in [-0.25, -0.2) is 0 Å². The van der Waals surface area contributed by atoms with Gasteiger partial charge in [0.2, 0.25) is 5.91 Å². The molecule has 1 saturated heterocycles. The lowest BCUT2D eigenvalue weighted by molar-refractivity contribution is -0.147. The first-order valence-electron chi connectivity index (χ1n) is 4.74. The fourth-order valence-corrected chi connectivity index (χ4v) is 1.61. The molecule has 0 spiro atoms. The third-order valence-electron chi connectivity index (χ3n) is 2.77. The van der Waals surface area contributed by atoms with Gasteiger partial charge in [0.15, 0.2) is 0 Å². The molecule has 1 atom stereocenters. The van der Waals surface area contributed by atoms with Gasteiger partial charge in [-0.2, -0.15) is 0 Å². The van der Waals surface area contributed by atoms with Crippen molar-refractivity contribution in [1.29, 1.82) is 0 Å². The van der Waals surface area contributed by atoms with E-state index in [9.17, 15) is 4.79 Å². The topological polar surface area (TPSA) is 47.6 Å². The first-order chi connectivity index (χ1) is 6.29. The summed E-state index contributed by atoms with van der Waals surface area (Å²) >= 11 is 0. The second-order valence-corrected chi connectivity index (χ2v) is 3.68. The van der Waals surface area contributed by atoms with Gasteiger partial charge < -0.3 is 14.8 Å². The molecule has 4 heteroatoms. The van der Waals surface area contributed by atoms with E-state index in [1.165, 1.54) is 0 Å². The SMILES string of the molecule is COC1CC(NC(=O)C2CCO2)C1. The molecular formula is C9H15NO3. The summed E-state index contributed by atoms with van der Waals surface area (Å²) < 4.78 is 10.2. The number of nitrogens with one attached hydrogen (secondary N) is 1. The van der Waals surface area contributed by atoms with Crippen LogP contribution in [0, 0.1) is 0 Å². The van der Waals surface area contributed by atoms with Crippen molar-refractivity contribution in [2.45, 2.75) is 37.5 Å². The summed E-state index contributed by atoms with van der Waals surface area (Å²) in [7, 11) is 1.71. The van der Waals surface area contributed by atoms with Gasteiger partial charge in [0.05, 0.1) is 12.7 Å². The molecule has 4 nitrogen and oxygen atoms in total. The van der Waals surface area contributed by atoms with Crippen molar-refractivity contribution in [2.24, 2.45) is 0 Å². The maximum Gasteiger partial charge on any atom is 0.249 e. The van der Waals surface area contributed by atoms with Crippen molar-refractivity contribution in [3.8, 4) is 0 Å². The van der Waals surface area contributed by atoms with Gasteiger partial charge in [0, 0.05) is 19.6 Å². The van der Waals surface area contributed by atoms with Crippen LogP contribution in [0.3, 0.4) is 0 Å². The monoisotopic (exact) mass is 185 g/mol. The number of ether oxygens (including phenoxy) is 2. The first kappa shape index (κ1) is 8.97. The van der Waals surface area contributed by atoms with Crippen LogP contribution in [0.4, 0.5) is 0 Å². The van der Waals surface area contributed by atoms with E-state index < -0.39 is 0 Å². The van der Waals surface area contributed by atoms with E-state index in [2.05, 4.69) is 5.32 Å². The fourth-order valence-electron chi connectivity index (χ4n) is 1.61. The van der Waals surface area contributed by atoms with Crippen LogP contribution in [-0.4, -0.2) is 37.9 Å². The van der Waals surface area contributed by atoms with Crippen LogP contribution in [0.25, 0.3) is 0 Å². The quantitative estimate of drug-likeness (QED) is 0.676. The van der Waals surface area contributed by atoms with Crippen molar-refractivity contribution >= 4 is 5.91 Å². The second kappa shape index (κ2) is 3.64. The Bertz CT molecular complexity index is 197. The molecule has 1 heterocycles. The molecule has 1 unspecified atom stereocenters. The molecule has 0 aromatic rings. The van der Waals surface area contributed by atoms with E-state index in [4.69, 9.17) is 9.47 Å². The van der Waals surface area contributed by atoms with Crippen molar-refractivity contribution < 1.29 is 14.3 Å². The number of amides is 1. The average molecular weight is 185 g/mol. The third kappa shape index (κ3) is 1.84. The zero-order chi connectivity index (χ0) is 9.26. The summed E-state index contributed by atoms with van der Waals surface area (Å²) in [6.07, 6.45) is 2.91. The van der Waals surface area contributed by atoms with Gasteiger partial charge >= 0.3 is 0 Å². The van der Waals surface area contributed by atoms with Crippen LogP contribution in [0.5, 0.6) is 0 Å². The lowest BCUT2D eigenvalue weighted by atomic mass is 9.89. The molecule has 0 aromatic heterocycles. The molecule has 2 fully saturated rings. The fraction of sp³-hybridized carbons (Fsp3) is 0.889. The highest BCUT2D eigenvalue weighted by molar-refractivity contribution is 5.81. The molecule has 13 heavy (non-hydrogen) atoms. The average Bonchev–Trinajstić information content (AvgIpc) is 1.92. The highest BCUT2D eigenvalue weighted by Crippen LogP contribution is 2.23. The molecule has 0 radical (unpaired) electrons. The Balaban J connectivity index is 1.65. The Morgan fingerprint density at radius 1 is 1.54 bits per heavy atom. The van der Waals surface area contributed by atoms with Crippen LogP contribution in [0.15, 0.2) is 0 Å². The molecule has 1 amide bonds. The molecular weight excluding hydrogens is 170 g/mol. The van der Waals surface area contributed by atoms with Crippen LogP contribution >= 0.6 is 0 Å². The van der Waals surface area contributed by atoms with E-state index in [1.54, 1.807) is 7.11 Å². The summed E-state index contributed by atoms with van der Waals surface area (Å²) in [4.78, 5) is 11.3. The molecule has 0 bridgehead atoms. The highest BCUT2D eigenvalue weighted by atomic mass is 16.5. The van der Waals surface area contributed by atoms with E-state index in [0.29, 0.717) is 12.1 Å². The molecule has 1 aliphatic carbocycles. The molecule has 1 N–H and O–H groups in total. The van der Waals surface area contributed by atoms with Gasteiger partial charge in [-0.1, -0.05) is 0 Å². The second-order valence-electron chi connectivity index (χ2n) is 3.68. The number of carbonyl (C=O) groups excluding carboxylic acids is 1. The number of rotatable bonds is 3. The Morgan fingerprint density at radius 3 is 2.69 bits per heavy atom. The lowest BCUT2D eigenvalue weighted by Crippen LogP contribution is -2.52. The molecule has 74 valence electrons. The van der Waals surface area contributed by atoms with Crippen molar-refractivity contribution in [2.75, 3.05) is 13.7 Å². The maximum absolute atomic E-state index is 11.3. The molecule has 2 aliphatic rings. The van der Waals surface area contributed by atoms with Crippen LogP contribution < -0.4 is 5.32 Å². The van der Waals surface area contributed by atoms with Crippen molar-refractivity contribution in [3.05, 3.63) is 0 Å². The van der Waals surface area contributed by atoms with E-state index in [0.717, 1.165) is 25.9 Å². The molecule has 1 aliphatic heterocycles. The number of carbonyl (C=O) groups is 1. The van der Waals surface area contributed by atoms with Crippen molar-refractivity contribution in [1.82, 2.24) is 5.32 Å². The summed E-state index contributed by atoms with van der Waals surface area (Å²) in [5.41, 5.74) is 0. The van der Waals surface area contributed by atoms with Gasteiger partial charge in [0.1, 0.15) is 6.10 Å². The predicted octanol–water partition coefficient (Wildman–Crippen LogP) is 0.0689. The third-order valence-corrected chi connectivity index (χ3v) is 2.77. The predicted molar refractivity (Wildman–Crippen MR) is 46.3 cm³/mol. The van der Waals surface area contributed by atoms with Gasteiger partial charge in [-0.15, -0.1) is 0 Å². The molecule has 0 aromatic carbocycles. The minimum absolute atomic E-state index is 0.0470. The Morgan fingerprint density at radius 2 is 2.23 bits per heavy atom. The van der Waals surface area contributed by atoms with E-state index >= 15 is 0 Å². The van der Waals surface area contributed by atoms with Crippen LogP contribution in [0.1, 0.15) is 19.3 Å². The van der Waals surface area contributed by atoms with Crippen LogP contribution in [-0.2, 0) is 14.3 Å². The zero-order valence-corrected chi connectivity index (χ0v) is 7.79. The number of hydrogen-bond donors (Lipinski definition) is 1. The van der Waals surface area contributed by atoms with E-state index in [1.807, 2.05) is 0 Å². The summed E-state index contributed by atoms with van der Waals surface area (Å²) in [5, 5.41) is 2.94. The summed E-state index contributed by atoms with van der Waals surface area (Å²) in [6.45, 7) is 0.726. The standard InChI is InChI=1S/C9H15NO3/c1-12-7-4-6(5-7)10-9(11)8-2-3-13-8/h6-8H,2-5H2,1H3,(H,10,11). The highest BCUT2D eigenvalue weighted by Gasteiger charge is 2.33. The Labute approximate surface area is 77.6 Å². The van der Waals surface area contributed by atoms with Crippen molar-refractivity contribution in [3.63, 3.8) is 0 Å². The minimum atomic E-state index is -0.179. The summed E-state index contributed by atoms with van der Waals surface area (Å²) in [6, 6.07) is 0.307. The largest absolute Gasteiger partial charge is 0.381 e. The number of hydrogen-bond acceptors (Lipinski definition) is 3.